The fraction of sp³-hybridized carbons (Fsp3) is 0.593. The maximum absolute atomic E-state index is 15.0. The quantitative estimate of drug-likeness (QED) is 0.0394. The van der Waals surface area contributed by atoms with Crippen LogP contribution in [-0.2, 0) is 125 Å². The summed E-state index contributed by atoms with van der Waals surface area (Å²) in [6, 6.07) is 16.2. The largest absolute Gasteiger partial charge is 0.463 e. The fourth-order valence-electron chi connectivity index (χ4n) is 9.36. The molecule has 3 amide bonds. The summed E-state index contributed by atoms with van der Waals surface area (Å²) in [7, 11) is 0. The van der Waals surface area contributed by atoms with Gasteiger partial charge in [-0.05, 0) is 11.1 Å². The van der Waals surface area contributed by atoms with Crippen LogP contribution in [0.25, 0.3) is 10.4 Å². The zero-order chi connectivity index (χ0) is 62.6. The van der Waals surface area contributed by atoms with E-state index >= 15 is 4.79 Å². The van der Waals surface area contributed by atoms with Crippen LogP contribution in [-0.4, -0.2) is 203 Å². The molecule has 0 saturated carbocycles. The lowest BCUT2D eigenvalue weighted by molar-refractivity contribution is -0.332. The van der Waals surface area contributed by atoms with Crippen LogP contribution in [0.5, 0.6) is 0 Å². The number of hydrogen-bond acceptors (Lipinski definition) is 28. The molecule has 2 aromatic rings. The van der Waals surface area contributed by atoms with Crippen molar-refractivity contribution in [2.24, 2.45) is 5.11 Å². The monoisotopic (exact) mass is 1220 g/mol. The Bertz CT molecular complexity index is 2740. The van der Waals surface area contributed by atoms with Crippen molar-refractivity contribution in [1.82, 2.24) is 10.2 Å². The first-order valence-corrected chi connectivity index (χ1v) is 26.8. The van der Waals surface area contributed by atoms with Gasteiger partial charge in [0, 0.05) is 72.4 Å². The van der Waals surface area contributed by atoms with Crippen molar-refractivity contribution < 1.29 is 128 Å². The Kier molecular flexibility index (Phi) is 25.3. The molecule has 1 N–H and O–H groups in total. The van der Waals surface area contributed by atoms with Crippen LogP contribution in [0.2, 0.25) is 0 Å². The number of urea groups is 1. The third kappa shape index (κ3) is 19.5. The average Bonchev–Trinajstić information content (AvgIpc) is 1.01. The third-order valence-corrected chi connectivity index (χ3v) is 12.7. The van der Waals surface area contributed by atoms with Crippen molar-refractivity contribution in [1.29, 1.82) is 0 Å². The van der Waals surface area contributed by atoms with E-state index in [4.69, 9.17) is 80.5 Å². The second-order valence-corrected chi connectivity index (χ2v) is 19.3. The number of esters is 8. The molecule has 4 heterocycles. The Morgan fingerprint density at radius 1 is 0.547 bits per heavy atom. The highest BCUT2D eigenvalue weighted by atomic mass is 16.8. The summed E-state index contributed by atoms with van der Waals surface area (Å²) in [4.78, 5) is 132. The minimum atomic E-state index is -1.78. The average molecular weight is 1220 g/mol. The van der Waals surface area contributed by atoms with E-state index in [-0.39, 0.29) is 13.2 Å². The molecule has 0 aliphatic carbocycles. The standard InChI is InChI=1S/C54H67N5O27/c1-27(60)72-24-38-40(76-29(3)62)44(78-31(5)64)47(80-33(7)66)51(83-38)70-21-19-56-53(68)59(20-22-71-52-48(81-34(8)67)45(79-32(6)65)41(77-30(4)63)39(84-52)25-73-28(2)61)54(69)86-43-42-37(26-75-50(85-42)36-17-13-10-14-18-36)82-49(57-58-55)46(43)74-23-35-15-11-9-12-16-35/h9-18,37-52H,19-26H2,1-8H3,(H,56,68)/t37-,38-,39-,40-,41-,42-,43+,44+,45+,46-,47-,48-,49-,50-,51-,52-/m1/s1. The third-order valence-electron chi connectivity index (χ3n) is 12.7. The molecule has 4 aliphatic rings. The van der Waals surface area contributed by atoms with Crippen LogP contribution in [0.1, 0.15) is 72.8 Å². The highest BCUT2D eigenvalue weighted by Gasteiger charge is 2.56. The second kappa shape index (κ2) is 32.4. The van der Waals surface area contributed by atoms with Crippen molar-refractivity contribution in [2.75, 3.05) is 46.1 Å². The van der Waals surface area contributed by atoms with E-state index in [0.717, 1.165) is 55.4 Å². The Hall–Kier alpha value is -8.07. The van der Waals surface area contributed by atoms with Gasteiger partial charge in [-0.15, -0.1) is 0 Å². The van der Waals surface area contributed by atoms with E-state index in [1.54, 1.807) is 60.7 Å². The van der Waals surface area contributed by atoms with Gasteiger partial charge in [0.2, 0.25) is 0 Å². The Balaban J connectivity index is 1.33. The lowest BCUT2D eigenvalue weighted by Gasteiger charge is -2.48. The molecule has 0 aromatic heterocycles. The lowest BCUT2D eigenvalue weighted by atomic mass is 9.96. The van der Waals surface area contributed by atoms with Crippen molar-refractivity contribution in [3.63, 3.8) is 0 Å². The zero-order valence-corrected chi connectivity index (χ0v) is 48.0. The molecular formula is C54H67N5O27. The van der Waals surface area contributed by atoms with Crippen LogP contribution >= 0.6 is 0 Å². The van der Waals surface area contributed by atoms with E-state index in [2.05, 4.69) is 15.3 Å². The van der Waals surface area contributed by atoms with E-state index < -0.39 is 198 Å². The van der Waals surface area contributed by atoms with Crippen LogP contribution in [0.3, 0.4) is 0 Å². The van der Waals surface area contributed by atoms with Gasteiger partial charge in [-0.25, -0.2) is 14.5 Å². The maximum atomic E-state index is 15.0. The highest BCUT2D eigenvalue weighted by molar-refractivity contribution is 5.91. The molecule has 6 rings (SSSR count). The fourth-order valence-corrected chi connectivity index (χ4v) is 9.36. The predicted molar refractivity (Wildman–Crippen MR) is 279 cm³/mol. The van der Waals surface area contributed by atoms with Gasteiger partial charge in [0.15, 0.2) is 67.8 Å². The number of fused-ring (bicyclic) bond motifs is 1. The summed E-state index contributed by atoms with van der Waals surface area (Å²) < 4.78 is 98.3. The molecule has 4 aliphatic heterocycles. The normalized spacial score (nSPS) is 28.4. The number of hydrogen-bond donors (Lipinski definition) is 1. The number of carbonyl (C=O) groups is 10. The summed E-state index contributed by atoms with van der Waals surface area (Å²) in [5, 5.41) is 6.31. The number of ether oxygens (including phenoxy) is 17. The predicted octanol–water partition coefficient (Wildman–Crippen LogP) is 2.44. The molecule has 4 saturated heterocycles. The Morgan fingerprint density at radius 2 is 1.02 bits per heavy atom. The van der Waals surface area contributed by atoms with Crippen LogP contribution in [0.15, 0.2) is 65.8 Å². The van der Waals surface area contributed by atoms with Gasteiger partial charge in [-0.1, -0.05) is 65.8 Å². The second-order valence-electron chi connectivity index (χ2n) is 19.3. The SMILES string of the molecule is CC(=O)OC[C@H]1O[C@@H](OCCNC(=O)N(CCO[C@@H]2O[C@H](COC(C)=O)[C@@H](OC(C)=O)[C@H](OC(C)=O)[C@H]2OC(C)=O)C(=O)O[C@@H]2[C@@H](OCc3ccccc3)[C@H](N=[N+]=[N-])O[C@@H]3CO[C@@H](c4ccccc4)O[C@@H]23)[C@H](OC(C)=O)[C@@H](OC(C)=O)[C@@H]1OC(C)=O. The van der Waals surface area contributed by atoms with E-state index in [0.29, 0.717) is 16.0 Å². The molecule has 0 spiro atoms. The van der Waals surface area contributed by atoms with Crippen molar-refractivity contribution in [3.8, 4) is 0 Å². The molecule has 2 aromatic carbocycles. The first-order chi connectivity index (χ1) is 41.0. The first-order valence-electron chi connectivity index (χ1n) is 26.8. The molecule has 0 bridgehead atoms. The van der Waals surface area contributed by atoms with Crippen molar-refractivity contribution >= 4 is 59.9 Å². The molecule has 470 valence electrons. The molecular weight excluding hydrogens is 1150 g/mol. The van der Waals surface area contributed by atoms with Gasteiger partial charge >= 0.3 is 59.9 Å². The van der Waals surface area contributed by atoms with E-state index in [1.165, 1.54) is 0 Å². The molecule has 32 heteroatoms. The molecule has 0 unspecified atom stereocenters. The van der Waals surface area contributed by atoms with Crippen molar-refractivity contribution in [3.05, 3.63) is 82.2 Å². The summed E-state index contributed by atoms with van der Waals surface area (Å²) in [5.74, 6) is -7.07. The highest BCUT2D eigenvalue weighted by Crippen LogP contribution is 2.38. The topological polar surface area (TPSA) is 392 Å². The van der Waals surface area contributed by atoms with E-state index in [1.807, 2.05) is 0 Å². The number of carbonyl (C=O) groups excluding carboxylic acids is 10. The number of rotatable bonds is 24. The minimum absolute atomic E-state index is 0.149. The number of benzene rings is 2. The van der Waals surface area contributed by atoms with Gasteiger partial charge in [0.25, 0.3) is 0 Å². The molecule has 32 nitrogen and oxygen atoms in total. The van der Waals surface area contributed by atoms with Crippen LogP contribution in [0, 0.1) is 0 Å². The van der Waals surface area contributed by atoms with Gasteiger partial charge in [0.1, 0.15) is 43.7 Å². The number of imide groups is 1. The molecule has 0 radical (unpaired) electrons. The first kappa shape index (κ1) is 67.1. The maximum Gasteiger partial charge on any atom is 0.418 e. The number of nitrogens with zero attached hydrogens (tertiary/aromatic N) is 4. The van der Waals surface area contributed by atoms with Crippen LogP contribution < -0.4 is 5.32 Å². The molecule has 4 fully saturated rings. The molecule has 86 heavy (non-hydrogen) atoms. The molecule has 16 atom stereocenters. The van der Waals surface area contributed by atoms with Gasteiger partial charge in [0.05, 0.1) is 33.0 Å². The number of amides is 3. The Labute approximate surface area is 491 Å². The number of nitrogens with one attached hydrogen (secondary N) is 1. The van der Waals surface area contributed by atoms with Gasteiger partial charge in [-0.2, -0.15) is 0 Å². The minimum Gasteiger partial charge on any atom is -0.463 e. The summed E-state index contributed by atoms with van der Waals surface area (Å²) in [5.41, 5.74) is 11.0. The Morgan fingerprint density at radius 3 is 1.51 bits per heavy atom. The summed E-state index contributed by atoms with van der Waals surface area (Å²) >= 11 is 0. The van der Waals surface area contributed by atoms with Gasteiger partial charge < -0.3 is 85.8 Å². The van der Waals surface area contributed by atoms with Crippen molar-refractivity contribution in [2.45, 2.75) is 160 Å². The van der Waals surface area contributed by atoms with E-state index in [9.17, 15) is 48.7 Å². The van der Waals surface area contributed by atoms with Gasteiger partial charge in [-0.3, -0.25) is 38.4 Å². The smallest absolute Gasteiger partial charge is 0.418 e. The lowest BCUT2D eigenvalue weighted by Crippen LogP contribution is -2.64. The summed E-state index contributed by atoms with van der Waals surface area (Å²) in [6.07, 6.45) is -25.3. The number of azide groups is 1. The zero-order valence-electron chi connectivity index (χ0n) is 48.0. The summed E-state index contributed by atoms with van der Waals surface area (Å²) in [6.45, 7) is 4.20. The van der Waals surface area contributed by atoms with Crippen LogP contribution in [0.4, 0.5) is 9.59 Å².